The summed E-state index contributed by atoms with van der Waals surface area (Å²) in [7, 11) is -7.65. The molecule has 0 aromatic heterocycles. The first-order valence-electron chi connectivity index (χ1n) is 8.97. The maximum Gasteiger partial charge on any atom is 0.262 e. The highest BCUT2D eigenvalue weighted by Gasteiger charge is 2.21. The summed E-state index contributed by atoms with van der Waals surface area (Å²) in [5.41, 5.74) is 2.90. The number of anilines is 2. The van der Waals surface area contributed by atoms with Crippen LogP contribution in [0.1, 0.15) is 16.7 Å². The van der Waals surface area contributed by atoms with Crippen molar-refractivity contribution in [2.24, 2.45) is 0 Å². The number of benzene rings is 3. The Labute approximate surface area is 182 Å². The van der Waals surface area contributed by atoms with Gasteiger partial charge in [0.2, 0.25) is 0 Å². The van der Waals surface area contributed by atoms with Crippen molar-refractivity contribution in [1.29, 1.82) is 0 Å². The Morgan fingerprint density at radius 1 is 0.667 bits per heavy atom. The van der Waals surface area contributed by atoms with Gasteiger partial charge in [-0.1, -0.05) is 29.3 Å². The third-order valence-corrected chi connectivity index (χ3v) is 7.72. The van der Waals surface area contributed by atoms with Crippen LogP contribution >= 0.6 is 11.6 Å². The van der Waals surface area contributed by atoms with Gasteiger partial charge in [-0.2, -0.15) is 0 Å². The lowest BCUT2D eigenvalue weighted by Gasteiger charge is -2.14. The topological polar surface area (TPSA) is 92.3 Å². The normalized spacial score (nSPS) is 11.9. The zero-order chi connectivity index (χ0) is 22.1. The molecule has 0 heterocycles. The summed E-state index contributed by atoms with van der Waals surface area (Å²) < 4.78 is 55.8. The molecule has 3 aromatic rings. The Kier molecular flexibility index (Phi) is 6.12. The fourth-order valence-corrected chi connectivity index (χ4v) is 5.93. The molecule has 0 aliphatic rings. The van der Waals surface area contributed by atoms with Gasteiger partial charge in [-0.05, 0) is 80.4 Å². The molecule has 158 valence electrons. The Balaban J connectivity index is 1.83. The molecule has 0 radical (unpaired) electrons. The molecule has 0 unspecified atom stereocenters. The minimum Gasteiger partial charge on any atom is -0.280 e. The number of sulfonamides is 2. The lowest BCUT2D eigenvalue weighted by Crippen LogP contribution is -2.16. The van der Waals surface area contributed by atoms with Gasteiger partial charge >= 0.3 is 0 Å². The number of nitrogens with one attached hydrogen (secondary N) is 2. The molecule has 3 aromatic carbocycles. The second-order valence-corrected chi connectivity index (χ2v) is 10.7. The highest BCUT2D eigenvalue weighted by molar-refractivity contribution is 7.93. The van der Waals surface area contributed by atoms with Crippen molar-refractivity contribution in [3.8, 4) is 0 Å². The third kappa shape index (κ3) is 4.95. The third-order valence-electron chi connectivity index (χ3n) is 4.39. The van der Waals surface area contributed by atoms with Crippen molar-refractivity contribution in [3.63, 3.8) is 0 Å². The van der Waals surface area contributed by atoms with Crippen molar-refractivity contribution in [2.45, 2.75) is 30.6 Å². The molecule has 30 heavy (non-hydrogen) atoms. The summed E-state index contributed by atoms with van der Waals surface area (Å²) in [6, 6.07) is 15.4. The van der Waals surface area contributed by atoms with Crippen LogP contribution in [0.25, 0.3) is 0 Å². The molecule has 0 bridgehead atoms. The number of hydrogen-bond donors (Lipinski definition) is 2. The summed E-state index contributed by atoms with van der Waals surface area (Å²) >= 11 is 5.81. The predicted octanol–water partition coefficient (Wildman–Crippen LogP) is 4.87. The summed E-state index contributed by atoms with van der Waals surface area (Å²) in [5.74, 6) is 0. The van der Waals surface area contributed by atoms with Crippen LogP contribution in [-0.4, -0.2) is 16.8 Å². The van der Waals surface area contributed by atoms with Gasteiger partial charge < -0.3 is 0 Å². The van der Waals surface area contributed by atoms with Crippen molar-refractivity contribution in [2.75, 3.05) is 9.44 Å². The fourth-order valence-electron chi connectivity index (χ4n) is 3.23. The highest BCUT2D eigenvalue weighted by Crippen LogP contribution is 2.25. The molecular formula is C21H21ClN2O4S2. The zero-order valence-corrected chi connectivity index (χ0v) is 19.0. The Morgan fingerprint density at radius 3 is 1.60 bits per heavy atom. The first kappa shape index (κ1) is 22.1. The predicted molar refractivity (Wildman–Crippen MR) is 120 cm³/mol. The van der Waals surface area contributed by atoms with E-state index >= 15 is 0 Å². The SMILES string of the molecule is Cc1cc(C)c(S(=O)(=O)Nc2ccc(S(=O)(=O)Nc3ccc(Cl)cc3)cc2)c(C)c1. The molecule has 9 heteroatoms. The number of rotatable bonds is 6. The Bertz CT molecular complexity index is 1260. The van der Waals surface area contributed by atoms with Crippen LogP contribution in [0.5, 0.6) is 0 Å². The summed E-state index contributed by atoms with van der Waals surface area (Å²) in [4.78, 5) is 0.220. The van der Waals surface area contributed by atoms with E-state index in [1.54, 1.807) is 50.2 Å². The minimum absolute atomic E-state index is 0.00287. The number of aryl methyl sites for hydroxylation is 3. The maximum absolute atomic E-state index is 12.9. The molecular weight excluding hydrogens is 444 g/mol. The van der Waals surface area contributed by atoms with E-state index in [4.69, 9.17) is 11.6 Å². The van der Waals surface area contributed by atoms with E-state index in [1.807, 2.05) is 6.92 Å². The largest absolute Gasteiger partial charge is 0.280 e. The van der Waals surface area contributed by atoms with Crippen LogP contribution in [0, 0.1) is 20.8 Å². The minimum atomic E-state index is -3.83. The van der Waals surface area contributed by atoms with Gasteiger partial charge in [0.1, 0.15) is 0 Å². The van der Waals surface area contributed by atoms with Crippen LogP contribution in [-0.2, 0) is 20.0 Å². The molecule has 0 aliphatic carbocycles. The van der Waals surface area contributed by atoms with Crippen molar-refractivity contribution in [3.05, 3.63) is 82.4 Å². The quantitative estimate of drug-likeness (QED) is 0.544. The molecule has 0 aliphatic heterocycles. The van der Waals surface area contributed by atoms with Gasteiger partial charge in [-0.25, -0.2) is 16.8 Å². The molecule has 0 saturated carbocycles. The van der Waals surface area contributed by atoms with Gasteiger partial charge in [-0.15, -0.1) is 0 Å². The van der Waals surface area contributed by atoms with Crippen LogP contribution in [0.3, 0.4) is 0 Å². The molecule has 3 rings (SSSR count). The van der Waals surface area contributed by atoms with Crippen LogP contribution in [0.15, 0.2) is 70.5 Å². The molecule has 0 fully saturated rings. The Morgan fingerprint density at radius 2 is 1.10 bits per heavy atom. The van der Waals surface area contributed by atoms with E-state index in [0.717, 1.165) is 5.56 Å². The molecule has 0 amide bonds. The fraction of sp³-hybridized carbons (Fsp3) is 0.143. The van der Waals surface area contributed by atoms with Gasteiger partial charge in [0, 0.05) is 16.4 Å². The average Bonchev–Trinajstić information content (AvgIpc) is 2.62. The van der Waals surface area contributed by atoms with E-state index in [2.05, 4.69) is 9.44 Å². The first-order chi connectivity index (χ1) is 14.0. The zero-order valence-electron chi connectivity index (χ0n) is 16.6. The lowest BCUT2D eigenvalue weighted by molar-refractivity contribution is 0.599. The lowest BCUT2D eigenvalue weighted by atomic mass is 10.1. The molecule has 6 nitrogen and oxygen atoms in total. The van der Waals surface area contributed by atoms with Crippen LogP contribution < -0.4 is 9.44 Å². The van der Waals surface area contributed by atoms with E-state index in [1.165, 1.54) is 24.3 Å². The van der Waals surface area contributed by atoms with Gasteiger partial charge in [0.15, 0.2) is 0 Å². The van der Waals surface area contributed by atoms with Gasteiger partial charge in [-0.3, -0.25) is 9.44 Å². The standard InChI is InChI=1S/C21H21ClN2O4S2/c1-14-12-15(2)21(16(3)13-14)30(27,28)24-19-8-10-20(11-9-19)29(25,26)23-18-6-4-17(22)5-7-18/h4-13,23-24H,1-3H3. The first-order valence-corrected chi connectivity index (χ1v) is 12.3. The van der Waals surface area contributed by atoms with Crippen LogP contribution in [0.2, 0.25) is 5.02 Å². The average molecular weight is 465 g/mol. The highest BCUT2D eigenvalue weighted by atomic mass is 35.5. The Hall–Kier alpha value is -2.55. The van der Waals surface area contributed by atoms with E-state index in [0.29, 0.717) is 21.8 Å². The summed E-state index contributed by atoms with van der Waals surface area (Å²) in [6.07, 6.45) is 0. The number of halogens is 1. The van der Waals surface area contributed by atoms with E-state index in [-0.39, 0.29) is 15.5 Å². The second-order valence-electron chi connectivity index (χ2n) is 6.97. The molecule has 0 spiro atoms. The monoisotopic (exact) mass is 464 g/mol. The smallest absolute Gasteiger partial charge is 0.262 e. The number of hydrogen-bond acceptors (Lipinski definition) is 4. The van der Waals surface area contributed by atoms with Gasteiger partial charge in [0.05, 0.1) is 9.79 Å². The second kappa shape index (κ2) is 8.29. The maximum atomic E-state index is 12.9. The molecule has 2 N–H and O–H groups in total. The van der Waals surface area contributed by atoms with Crippen LogP contribution in [0.4, 0.5) is 11.4 Å². The van der Waals surface area contributed by atoms with Crippen molar-refractivity contribution in [1.82, 2.24) is 0 Å². The van der Waals surface area contributed by atoms with Crippen molar-refractivity contribution >= 4 is 43.0 Å². The molecule has 0 saturated heterocycles. The van der Waals surface area contributed by atoms with E-state index in [9.17, 15) is 16.8 Å². The van der Waals surface area contributed by atoms with E-state index < -0.39 is 20.0 Å². The summed E-state index contributed by atoms with van der Waals surface area (Å²) in [5, 5.41) is 0.494. The van der Waals surface area contributed by atoms with Gasteiger partial charge in [0.25, 0.3) is 20.0 Å². The molecule has 0 atom stereocenters. The summed E-state index contributed by atoms with van der Waals surface area (Å²) in [6.45, 7) is 5.39. The van der Waals surface area contributed by atoms with Crippen molar-refractivity contribution < 1.29 is 16.8 Å².